The molecule has 0 amide bonds. The van der Waals surface area contributed by atoms with Crippen molar-refractivity contribution in [2.75, 3.05) is 37.3 Å². The third-order valence-electron chi connectivity index (χ3n) is 7.78. The first-order valence-corrected chi connectivity index (χ1v) is 14.9. The number of rotatable bonds is 8. The average Bonchev–Trinajstić information content (AvgIpc) is 3.43. The van der Waals surface area contributed by atoms with E-state index < -0.39 is 0 Å². The largest absolute Gasteiger partial charge is 0.383 e. The van der Waals surface area contributed by atoms with E-state index in [-0.39, 0.29) is 0 Å². The molecule has 2 aromatic carbocycles. The zero-order valence-corrected chi connectivity index (χ0v) is 25.0. The van der Waals surface area contributed by atoms with E-state index in [0.29, 0.717) is 34.0 Å². The van der Waals surface area contributed by atoms with Crippen LogP contribution in [0.3, 0.4) is 0 Å². The molecular formula is C33H33Cl2N7. The van der Waals surface area contributed by atoms with Crippen LogP contribution in [0, 0.1) is 5.92 Å². The lowest BCUT2D eigenvalue weighted by Gasteiger charge is -2.33. The van der Waals surface area contributed by atoms with E-state index >= 15 is 0 Å². The highest BCUT2D eigenvalue weighted by molar-refractivity contribution is 6.43. The molecule has 214 valence electrons. The second-order valence-electron chi connectivity index (χ2n) is 10.7. The van der Waals surface area contributed by atoms with Gasteiger partial charge in [-0.25, -0.2) is 9.97 Å². The van der Waals surface area contributed by atoms with Crippen molar-refractivity contribution >= 4 is 34.8 Å². The summed E-state index contributed by atoms with van der Waals surface area (Å²) in [6.07, 6.45) is 8.11. The highest BCUT2D eigenvalue weighted by atomic mass is 35.5. The van der Waals surface area contributed by atoms with Crippen molar-refractivity contribution in [3.05, 3.63) is 101 Å². The summed E-state index contributed by atoms with van der Waals surface area (Å²) in [6, 6.07) is 22.0. The minimum absolute atomic E-state index is 0.386. The lowest BCUT2D eigenvalue weighted by molar-refractivity contribution is 0.401. The topological polar surface area (TPSA) is 84.9 Å². The predicted octanol–water partition coefficient (Wildman–Crippen LogP) is 7.05. The number of hydrogen-bond acceptors (Lipinski definition) is 6. The normalized spacial score (nSPS) is 15.2. The van der Waals surface area contributed by atoms with E-state index in [1.807, 2.05) is 60.5 Å². The molecule has 0 radical (unpaired) electrons. The molecule has 42 heavy (non-hydrogen) atoms. The van der Waals surface area contributed by atoms with Gasteiger partial charge in [-0.3, -0.25) is 4.68 Å². The monoisotopic (exact) mass is 597 g/mol. The summed E-state index contributed by atoms with van der Waals surface area (Å²) >= 11 is 13.1. The van der Waals surface area contributed by atoms with Gasteiger partial charge in [-0.1, -0.05) is 65.7 Å². The van der Waals surface area contributed by atoms with Gasteiger partial charge in [0.05, 0.1) is 16.6 Å². The number of hydrogen-bond donors (Lipinski definition) is 2. The van der Waals surface area contributed by atoms with Gasteiger partial charge < -0.3 is 16.0 Å². The Bertz CT molecular complexity index is 1670. The zero-order chi connectivity index (χ0) is 29.1. The first-order chi connectivity index (χ1) is 20.5. The van der Waals surface area contributed by atoms with Crippen LogP contribution >= 0.6 is 23.2 Å². The van der Waals surface area contributed by atoms with Crippen LogP contribution in [-0.4, -0.2) is 46.4 Å². The summed E-state index contributed by atoms with van der Waals surface area (Å²) < 4.78 is 1.90. The van der Waals surface area contributed by atoms with Crippen LogP contribution in [0.2, 0.25) is 10.0 Å². The van der Waals surface area contributed by atoms with Gasteiger partial charge in [0.1, 0.15) is 17.3 Å². The number of piperidine rings is 1. The highest BCUT2D eigenvalue weighted by Gasteiger charge is 2.22. The molecule has 0 bridgehead atoms. The van der Waals surface area contributed by atoms with Gasteiger partial charge in [0.25, 0.3) is 0 Å². The summed E-state index contributed by atoms with van der Waals surface area (Å²) in [4.78, 5) is 11.8. The minimum Gasteiger partial charge on any atom is -0.383 e. The summed E-state index contributed by atoms with van der Waals surface area (Å²) in [5.74, 6) is 2.02. The second kappa shape index (κ2) is 12.5. The predicted molar refractivity (Wildman–Crippen MR) is 173 cm³/mol. The summed E-state index contributed by atoms with van der Waals surface area (Å²) in [5.41, 5.74) is 12.5. The molecule has 3 N–H and O–H groups in total. The third-order valence-corrected chi connectivity index (χ3v) is 8.60. The van der Waals surface area contributed by atoms with Crippen LogP contribution in [0.4, 0.5) is 11.6 Å². The molecule has 5 aromatic rings. The Morgan fingerprint density at radius 1 is 0.929 bits per heavy atom. The molecule has 0 spiro atoms. The summed E-state index contributed by atoms with van der Waals surface area (Å²) in [6.45, 7) is 3.66. The first-order valence-electron chi connectivity index (χ1n) is 14.2. The standard InChI is InChI=1S/C33H33Cl2N7/c1-37-16-23-9-6-14-41(19-23)30-13-12-24(17-38-30)25-15-27(33(36)39-18-25)32-28(26-10-5-11-29(34)31(26)35)21-42(40-32)20-22-7-3-2-4-8-22/h2-5,7-8,10-13,15,17-18,21,23,37H,6,9,14,16,19-20H2,1H3,(H2,36,39). The number of benzene rings is 2. The summed E-state index contributed by atoms with van der Waals surface area (Å²) in [7, 11) is 2.02. The van der Waals surface area contributed by atoms with Crippen molar-refractivity contribution in [1.29, 1.82) is 0 Å². The molecule has 1 fully saturated rings. The number of nitrogens with zero attached hydrogens (tertiary/aromatic N) is 5. The first kappa shape index (κ1) is 28.2. The Morgan fingerprint density at radius 2 is 1.76 bits per heavy atom. The van der Waals surface area contributed by atoms with Crippen molar-refractivity contribution in [3.63, 3.8) is 0 Å². The second-order valence-corrected chi connectivity index (χ2v) is 11.5. The van der Waals surface area contributed by atoms with Crippen LogP contribution in [-0.2, 0) is 6.54 Å². The van der Waals surface area contributed by atoms with Crippen molar-refractivity contribution < 1.29 is 0 Å². The SMILES string of the molecule is CNCC1CCCN(c2ccc(-c3cnc(N)c(-c4nn(Cc5ccccc5)cc4-c4cccc(Cl)c4Cl)c3)cn2)C1. The van der Waals surface area contributed by atoms with E-state index in [4.69, 9.17) is 39.0 Å². The number of anilines is 2. The van der Waals surface area contributed by atoms with E-state index in [2.05, 4.69) is 39.5 Å². The fourth-order valence-electron chi connectivity index (χ4n) is 5.68. The molecule has 9 heteroatoms. The van der Waals surface area contributed by atoms with Crippen LogP contribution in [0.5, 0.6) is 0 Å². The molecule has 0 saturated carbocycles. The van der Waals surface area contributed by atoms with Crippen LogP contribution in [0.15, 0.2) is 85.3 Å². The molecule has 6 rings (SSSR count). The van der Waals surface area contributed by atoms with Crippen molar-refractivity contribution in [1.82, 2.24) is 25.1 Å². The van der Waals surface area contributed by atoms with Gasteiger partial charge in [-0.05, 0) is 62.2 Å². The lowest BCUT2D eigenvalue weighted by Crippen LogP contribution is -2.39. The van der Waals surface area contributed by atoms with Crippen molar-refractivity contribution in [2.45, 2.75) is 19.4 Å². The van der Waals surface area contributed by atoms with Crippen LogP contribution < -0.4 is 16.0 Å². The Kier molecular flexibility index (Phi) is 8.42. The molecule has 4 heterocycles. The molecule has 1 aliphatic rings. The van der Waals surface area contributed by atoms with Gasteiger partial charge >= 0.3 is 0 Å². The molecule has 0 aliphatic carbocycles. The molecule has 3 aromatic heterocycles. The van der Waals surface area contributed by atoms with Crippen LogP contribution in [0.25, 0.3) is 33.5 Å². The number of nitrogens with one attached hydrogen (secondary N) is 1. The lowest BCUT2D eigenvalue weighted by atomic mass is 9.98. The maximum absolute atomic E-state index is 6.70. The molecule has 1 saturated heterocycles. The zero-order valence-electron chi connectivity index (χ0n) is 23.5. The van der Waals surface area contributed by atoms with Gasteiger partial charge in [0.2, 0.25) is 0 Å². The molecular weight excluding hydrogens is 565 g/mol. The fourth-order valence-corrected chi connectivity index (χ4v) is 6.08. The minimum atomic E-state index is 0.386. The van der Waals surface area contributed by atoms with Crippen LogP contribution in [0.1, 0.15) is 18.4 Å². The molecule has 1 atom stereocenters. The van der Waals surface area contributed by atoms with Gasteiger partial charge in [-0.2, -0.15) is 5.10 Å². The maximum Gasteiger partial charge on any atom is 0.132 e. The van der Waals surface area contributed by atoms with E-state index in [1.165, 1.54) is 12.8 Å². The quantitative estimate of drug-likeness (QED) is 0.199. The third kappa shape index (κ3) is 6.00. The highest BCUT2D eigenvalue weighted by Crippen LogP contribution is 2.40. The molecule has 1 aliphatic heterocycles. The van der Waals surface area contributed by atoms with Crippen molar-refractivity contribution in [2.24, 2.45) is 5.92 Å². The smallest absolute Gasteiger partial charge is 0.132 e. The van der Waals surface area contributed by atoms with E-state index in [9.17, 15) is 0 Å². The maximum atomic E-state index is 6.70. The van der Waals surface area contributed by atoms with Gasteiger partial charge in [0, 0.05) is 59.5 Å². The number of nitrogens with two attached hydrogens (primary N) is 1. The Morgan fingerprint density at radius 3 is 2.55 bits per heavy atom. The fraction of sp³-hybridized carbons (Fsp3) is 0.242. The van der Waals surface area contributed by atoms with Gasteiger partial charge in [0.15, 0.2) is 0 Å². The Balaban J connectivity index is 1.36. The number of aromatic nitrogens is 4. The summed E-state index contributed by atoms with van der Waals surface area (Å²) in [5, 5.41) is 9.24. The Labute approximate surface area is 256 Å². The van der Waals surface area contributed by atoms with E-state index in [1.54, 1.807) is 12.3 Å². The number of halogens is 2. The van der Waals surface area contributed by atoms with Crippen molar-refractivity contribution in [3.8, 4) is 33.5 Å². The number of nitrogen functional groups attached to an aromatic ring is 1. The molecule has 1 unspecified atom stereocenters. The molecule has 7 nitrogen and oxygen atoms in total. The number of pyridine rings is 2. The van der Waals surface area contributed by atoms with Gasteiger partial charge in [-0.15, -0.1) is 0 Å². The Hall–Kier alpha value is -3.91. The average molecular weight is 599 g/mol. The van der Waals surface area contributed by atoms with E-state index in [0.717, 1.165) is 58.8 Å².